The van der Waals surface area contributed by atoms with Gasteiger partial charge in [-0.05, 0) is 74.1 Å². The minimum absolute atomic E-state index is 0.360. The van der Waals surface area contributed by atoms with Gasteiger partial charge in [-0.25, -0.2) is 0 Å². The molecule has 176 valence electrons. The molecule has 0 unspecified atom stereocenters. The highest BCUT2D eigenvalue weighted by Gasteiger charge is 2.36. The number of aromatic nitrogens is 3. The predicted octanol–water partition coefficient (Wildman–Crippen LogP) is 5.46. The number of aromatic amines is 1. The fourth-order valence-corrected chi connectivity index (χ4v) is 5.77. The zero-order chi connectivity index (χ0) is 23.2. The van der Waals surface area contributed by atoms with Gasteiger partial charge in [-0.15, -0.1) is 0 Å². The molecular formula is C27H30N4O3. The minimum Gasteiger partial charge on any atom is -0.493 e. The van der Waals surface area contributed by atoms with Crippen molar-refractivity contribution in [2.75, 3.05) is 14.2 Å². The minimum atomic E-state index is 0.360. The topological polar surface area (TPSA) is 85.2 Å². The Hall–Kier alpha value is -3.32. The highest BCUT2D eigenvalue weighted by atomic mass is 16.5. The van der Waals surface area contributed by atoms with Gasteiger partial charge in [0.1, 0.15) is 0 Å². The van der Waals surface area contributed by atoms with E-state index in [4.69, 9.17) is 19.0 Å². The maximum Gasteiger partial charge on any atom is 0.230 e. The quantitative estimate of drug-likeness (QED) is 0.399. The van der Waals surface area contributed by atoms with Crippen LogP contribution < -0.4 is 14.8 Å². The summed E-state index contributed by atoms with van der Waals surface area (Å²) in [6.45, 7) is 2.18. The third-order valence-electron chi connectivity index (χ3n) is 7.45. The Morgan fingerprint density at radius 3 is 2.47 bits per heavy atom. The standard InChI is InChI=1S/C27H30N4O3/c1-4-20-21-13-16(26-30-27(34-31-26)17-11-18-7-8-19(12-17)28-18)5-9-22(21)29-25(20)15-6-10-23(32-2)24(14-15)33-3/h5-6,9-10,13-14,17-19,28-29H,4,7-8,11-12H2,1-3H3/t17-,18+,19-. The molecular weight excluding hydrogens is 428 g/mol. The van der Waals surface area contributed by atoms with Gasteiger partial charge in [0.15, 0.2) is 11.5 Å². The number of methoxy groups -OCH3 is 2. The van der Waals surface area contributed by atoms with E-state index in [0.29, 0.717) is 29.6 Å². The number of H-pyrrole nitrogens is 1. The Morgan fingerprint density at radius 2 is 1.74 bits per heavy atom. The molecule has 2 aliphatic rings. The zero-order valence-electron chi connectivity index (χ0n) is 19.9. The van der Waals surface area contributed by atoms with E-state index in [2.05, 4.69) is 46.6 Å². The number of rotatable bonds is 6. The van der Waals surface area contributed by atoms with Crippen molar-refractivity contribution in [3.63, 3.8) is 0 Å². The van der Waals surface area contributed by atoms with E-state index in [-0.39, 0.29) is 0 Å². The SMILES string of the molecule is CCc1c(-c2ccc(OC)c(OC)c2)[nH]c2ccc(-c3noc([C@H]4C[C@H]5CC[C@@H](C4)N5)n3)cc12. The van der Waals surface area contributed by atoms with Crippen molar-refractivity contribution >= 4 is 10.9 Å². The molecule has 0 radical (unpaired) electrons. The van der Waals surface area contributed by atoms with Crippen molar-refractivity contribution in [3.05, 3.63) is 47.9 Å². The maximum absolute atomic E-state index is 5.75. The molecule has 2 N–H and O–H groups in total. The average Bonchev–Trinajstić information content (AvgIpc) is 3.59. The second-order valence-corrected chi connectivity index (χ2v) is 9.42. The summed E-state index contributed by atoms with van der Waals surface area (Å²) in [5.74, 6) is 3.24. The lowest BCUT2D eigenvalue weighted by atomic mass is 9.92. The van der Waals surface area contributed by atoms with Gasteiger partial charge in [-0.3, -0.25) is 0 Å². The van der Waals surface area contributed by atoms with E-state index >= 15 is 0 Å². The maximum atomic E-state index is 5.75. The average molecular weight is 459 g/mol. The van der Waals surface area contributed by atoms with Gasteiger partial charge in [-0.1, -0.05) is 12.1 Å². The molecule has 4 heterocycles. The molecule has 0 saturated carbocycles. The first kappa shape index (κ1) is 21.2. The predicted molar refractivity (Wildman–Crippen MR) is 131 cm³/mol. The molecule has 2 bridgehead atoms. The van der Waals surface area contributed by atoms with Crippen LogP contribution in [0.5, 0.6) is 11.5 Å². The molecule has 4 aromatic rings. The van der Waals surface area contributed by atoms with Crippen molar-refractivity contribution < 1.29 is 14.0 Å². The number of ether oxygens (including phenoxy) is 2. The molecule has 3 atom stereocenters. The van der Waals surface area contributed by atoms with Crippen molar-refractivity contribution in [2.24, 2.45) is 0 Å². The van der Waals surface area contributed by atoms with E-state index in [9.17, 15) is 0 Å². The van der Waals surface area contributed by atoms with E-state index in [1.165, 1.54) is 23.8 Å². The fourth-order valence-electron chi connectivity index (χ4n) is 5.77. The van der Waals surface area contributed by atoms with Gasteiger partial charge in [0, 0.05) is 45.7 Å². The Bertz CT molecular complexity index is 1330. The molecule has 2 fully saturated rings. The van der Waals surface area contributed by atoms with Gasteiger partial charge in [-0.2, -0.15) is 4.98 Å². The van der Waals surface area contributed by atoms with Crippen LogP contribution in [0.25, 0.3) is 33.5 Å². The lowest BCUT2D eigenvalue weighted by Crippen LogP contribution is -2.37. The monoisotopic (exact) mass is 458 g/mol. The van der Waals surface area contributed by atoms with E-state index in [1.807, 2.05) is 12.1 Å². The summed E-state index contributed by atoms with van der Waals surface area (Å²) in [6, 6.07) is 13.6. The molecule has 7 nitrogen and oxygen atoms in total. The zero-order valence-corrected chi connectivity index (χ0v) is 19.9. The number of piperidine rings is 1. The molecule has 0 amide bonds. The lowest BCUT2D eigenvalue weighted by Gasteiger charge is -2.26. The molecule has 0 aliphatic carbocycles. The van der Waals surface area contributed by atoms with Crippen LogP contribution in [-0.2, 0) is 6.42 Å². The van der Waals surface area contributed by atoms with Crippen molar-refractivity contribution in [2.45, 2.75) is 57.0 Å². The third-order valence-corrected chi connectivity index (χ3v) is 7.45. The number of nitrogens with zero attached hydrogens (tertiary/aromatic N) is 2. The van der Waals surface area contributed by atoms with E-state index in [0.717, 1.165) is 53.2 Å². The number of benzene rings is 2. The molecule has 0 spiro atoms. The van der Waals surface area contributed by atoms with Crippen LogP contribution in [0.15, 0.2) is 40.9 Å². The van der Waals surface area contributed by atoms with Crippen molar-refractivity contribution in [1.29, 1.82) is 0 Å². The van der Waals surface area contributed by atoms with E-state index in [1.54, 1.807) is 14.2 Å². The van der Waals surface area contributed by atoms with E-state index < -0.39 is 0 Å². The van der Waals surface area contributed by atoms with Crippen LogP contribution in [0.3, 0.4) is 0 Å². The molecule has 2 saturated heterocycles. The second-order valence-electron chi connectivity index (χ2n) is 9.42. The van der Waals surface area contributed by atoms with Gasteiger partial charge >= 0.3 is 0 Å². The number of aryl methyl sites for hydroxylation is 1. The van der Waals surface area contributed by atoms with Crippen LogP contribution >= 0.6 is 0 Å². The summed E-state index contributed by atoms with van der Waals surface area (Å²) in [4.78, 5) is 8.43. The summed E-state index contributed by atoms with van der Waals surface area (Å²) in [6.07, 6.45) is 5.58. The number of hydrogen-bond donors (Lipinski definition) is 2. The van der Waals surface area contributed by atoms with Gasteiger partial charge in [0.05, 0.1) is 14.2 Å². The highest BCUT2D eigenvalue weighted by Crippen LogP contribution is 2.39. The summed E-state index contributed by atoms with van der Waals surface area (Å²) in [5, 5.41) is 9.21. The Balaban J connectivity index is 1.35. The first-order valence-electron chi connectivity index (χ1n) is 12.1. The molecule has 6 rings (SSSR count). The van der Waals surface area contributed by atoms with Gasteiger partial charge < -0.3 is 24.3 Å². The van der Waals surface area contributed by atoms with Crippen LogP contribution in [0, 0.1) is 0 Å². The molecule has 2 aliphatic heterocycles. The van der Waals surface area contributed by atoms with Crippen molar-refractivity contribution in [1.82, 2.24) is 20.4 Å². The molecule has 2 aromatic heterocycles. The normalized spacial score (nSPS) is 21.8. The highest BCUT2D eigenvalue weighted by molar-refractivity contribution is 5.93. The van der Waals surface area contributed by atoms with Gasteiger partial charge in [0.25, 0.3) is 0 Å². The first-order chi connectivity index (χ1) is 16.7. The van der Waals surface area contributed by atoms with Crippen LogP contribution in [0.1, 0.15) is 50.0 Å². The summed E-state index contributed by atoms with van der Waals surface area (Å²) < 4.78 is 16.7. The van der Waals surface area contributed by atoms with Gasteiger partial charge in [0.2, 0.25) is 11.7 Å². The first-order valence-corrected chi connectivity index (χ1v) is 12.1. The van der Waals surface area contributed by atoms with Crippen LogP contribution in [-0.4, -0.2) is 41.4 Å². The second kappa shape index (κ2) is 8.47. The summed E-state index contributed by atoms with van der Waals surface area (Å²) in [5.41, 5.74) is 5.47. The largest absolute Gasteiger partial charge is 0.493 e. The Morgan fingerprint density at radius 1 is 0.971 bits per heavy atom. The van der Waals surface area contributed by atoms with Crippen LogP contribution in [0.2, 0.25) is 0 Å². The molecule has 34 heavy (non-hydrogen) atoms. The Labute approximate surface area is 198 Å². The van der Waals surface area contributed by atoms with Crippen LogP contribution in [0.4, 0.5) is 0 Å². The number of hydrogen-bond acceptors (Lipinski definition) is 6. The smallest absolute Gasteiger partial charge is 0.230 e. The Kier molecular flexibility index (Phi) is 5.29. The summed E-state index contributed by atoms with van der Waals surface area (Å²) in [7, 11) is 3.31. The summed E-state index contributed by atoms with van der Waals surface area (Å²) >= 11 is 0. The molecule has 2 aromatic carbocycles. The molecule has 7 heteroatoms. The number of fused-ring (bicyclic) bond motifs is 3. The lowest BCUT2D eigenvalue weighted by molar-refractivity contribution is 0.287. The number of nitrogens with one attached hydrogen (secondary N) is 2. The third kappa shape index (κ3) is 3.55. The van der Waals surface area contributed by atoms with Crippen molar-refractivity contribution in [3.8, 4) is 34.1 Å². The fraction of sp³-hybridized carbons (Fsp3) is 0.407.